The predicted octanol–water partition coefficient (Wildman–Crippen LogP) is 3.80. The molecule has 2 rings (SSSR count). The Morgan fingerprint density at radius 2 is 1.85 bits per heavy atom. The van der Waals surface area contributed by atoms with Crippen LogP contribution in [-0.4, -0.2) is 32.8 Å². The zero-order chi connectivity index (χ0) is 19.6. The zero-order valence-corrected chi connectivity index (χ0v) is 16.3. The van der Waals surface area contributed by atoms with E-state index < -0.39 is 17.9 Å². The summed E-state index contributed by atoms with van der Waals surface area (Å²) in [5.74, 6) is -2.05. The van der Waals surface area contributed by atoms with Gasteiger partial charge in [0.05, 0.1) is 22.0 Å². The van der Waals surface area contributed by atoms with Gasteiger partial charge in [0.25, 0.3) is 5.91 Å². The SMILES string of the molecule is CC(NC(=O)c1cn(C(C)(C)C)nc1-c1ccccc1Cl)C(C)C(=O)O. The lowest BCUT2D eigenvalue weighted by atomic mass is 10.0. The minimum atomic E-state index is -0.963. The zero-order valence-electron chi connectivity index (χ0n) is 15.6. The van der Waals surface area contributed by atoms with E-state index >= 15 is 0 Å². The monoisotopic (exact) mass is 377 g/mol. The average Bonchev–Trinajstić information content (AvgIpc) is 2.99. The lowest BCUT2D eigenvalue weighted by Gasteiger charge is -2.19. The standard InChI is InChI=1S/C19H24ClN3O3/c1-11(18(25)26)12(2)21-17(24)14-10-23(19(3,4)5)22-16(14)13-8-6-7-9-15(13)20/h6-12H,1-5H3,(H,21,24)(H,25,26). The molecule has 0 spiro atoms. The fourth-order valence-corrected chi connectivity index (χ4v) is 2.58. The minimum Gasteiger partial charge on any atom is -0.481 e. The summed E-state index contributed by atoms with van der Waals surface area (Å²) in [5.41, 5.74) is 1.16. The molecule has 2 unspecified atom stereocenters. The fraction of sp³-hybridized carbons (Fsp3) is 0.421. The van der Waals surface area contributed by atoms with Gasteiger partial charge in [-0.2, -0.15) is 5.10 Å². The second-order valence-corrected chi connectivity index (χ2v) is 7.78. The summed E-state index contributed by atoms with van der Waals surface area (Å²) in [6.45, 7) is 9.16. The van der Waals surface area contributed by atoms with Crippen molar-refractivity contribution < 1.29 is 14.7 Å². The molecule has 0 aliphatic rings. The highest BCUT2D eigenvalue weighted by atomic mass is 35.5. The number of hydrogen-bond donors (Lipinski definition) is 2. The van der Waals surface area contributed by atoms with Crippen molar-refractivity contribution in [3.63, 3.8) is 0 Å². The van der Waals surface area contributed by atoms with Crippen LogP contribution >= 0.6 is 11.6 Å². The number of carbonyl (C=O) groups is 2. The van der Waals surface area contributed by atoms with Gasteiger partial charge in [0, 0.05) is 17.8 Å². The third-order valence-corrected chi connectivity index (χ3v) is 4.60. The van der Waals surface area contributed by atoms with E-state index in [1.807, 2.05) is 32.9 Å². The highest BCUT2D eigenvalue weighted by molar-refractivity contribution is 6.33. The summed E-state index contributed by atoms with van der Waals surface area (Å²) in [7, 11) is 0. The number of benzene rings is 1. The fourth-order valence-electron chi connectivity index (χ4n) is 2.36. The first-order valence-corrected chi connectivity index (χ1v) is 8.79. The Balaban J connectivity index is 2.47. The van der Waals surface area contributed by atoms with Crippen molar-refractivity contribution in [1.29, 1.82) is 0 Å². The highest BCUT2D eigenvalue weighted by Crippen LogP contribution is 2.30. The lowest BCUT2D eigenvalue weighted by Crippen LogP contribution is -2.40. The molecule has 2 atom stereocenters. The van der Waals surface area contributed by atoms with Crippen LogP contribution in [0.25, 0.3) is 11.3 Å². The Morgan fingerprint density at radius 1 is 1.23 bits per heavy atom. The molecule has 0 bridgehead atoms. The van der Waals surface area contributed by atoms with Gasteiger partial charge in [0.15, 0.2) is 0 Å². The molecule has 1 heterocycles. The van der Waals surface area contributed by atoms with Gasteiger partial charge in [0.1, 0.15) is 5.69 Å². The first-order valence-electron chi connectivity index (χ1n) is 8.41. The van der Waals surface area contributed by atoms with Crippen molar-refractivity contribution >= 4 is 23.5 Å². The Bertz CT molecular complexity index is 824. The number of carbonyl (C=O) groups excluding carboxylic acids is 1. The van der Waals surface area contributed by atoms with Crippen LogP contribution in [0, 0.1) is 5.92 Å². The molecule has 1 aromatic heterocycles. The maximum Gasteiger partial charge on any atom is 0.308 e. The molecular weight excluding hydrogens is 354 g/mol. The second-order valence-electron chi connectivity index (χ2n) is 7.38. The number of aliphatic carboxylic acids is 1. The van der Waals surface area contributed by atoms with Crippen molar-refractivity contribution in [3.05, 3.63) is 41.0 Å². The Kier molecular flexibility index (Phi) is 5.76. The quantitative estimate of drug-likeness (QED) is 0.830. The van der Waals surface area contributed by atoms with Gasteiger partial charge in [-0.05, 0) is 40.7 Å². The summed E-state index contributed by atoms with van der Waals surface area (Å²) in [6.07, 6.45) is 1.67. The third kappa shape index (κ3) is 4.25. The molecule has 2 aromatic rings. The van der Waals surface area contributed by atoms with E-state index in [-0.39, 0.29) is 11.4 Å². The Labute approximate surface area is 158 Å². The number of carboxylic acid groups (broad SMARTS) is 1. The predicted molar refractivity (Wildman–Crippen MR) is 101 cm³/mol. The summed E-state index contributed by atoms with van der Waals surface area (Å²) in [4.78, 5) is 24.0. The molecule has 6 nitrogen and oxygen atoms in total. The second kappa shape index (κ2) is 7.50. The van der Waals surface area contributed by atoms with Crippen molar-refractivity contribution in [1.82, 2.24) is 15.1 Å². The molecule has 1 aromatic carbocycles. The molecule has 2 N–H and O–H groups in total. The molecule has 0 aliphatic heterocycles. The average molecular weight is 378 g/mol. The van der Waals surface area contributed by atoms with Crippen LogP contribution in [-0.2, 0) is 10.3 Å². The van der Waals surface area contributed by atoms with Gasteiger partial charge in [-0.15, -0.1) is 0 Å². The van der Waals surface area contributed by atoms with Crippen LogP contribution in [0.1, 0.15) is 45.0 Å². The summed E-state index contributed by atoms with van der Waals surface area (Å²) in [5, 5.41) is 17.0. The normalized spacial score (nSPS) is 13.9. The van der Waals surface area contributed by atoms with Crippen molar-refractivity contribution in [2.45, 2.75) is 46.2 Å². The van der Waals surface area contributed by atoms with Gasteiger partial charge in [-0.1, -0.05) is 29.8 Å². The third-order valence-electron chi connectivity index (χ3n) is 4.27. The largest absolute Gasteiger partial charge is 0.481 e. The molecular formula is C19H24ClN3O3. The molecule has 0 fully saturated rings. The van der Waals surface area contributed by atoms with Crippen LogP contribution in [0.5, 0.6) is 0 Å². The summed E-state index contributed by atoms with van der Waals surface area (Å²) < 4.78 is 1.71. The van der Waals surface area contributed by atoms with Crippen LogP contribution in [0.4, 0.5) is 0 Å². The Morgan fingerprint density at radius 3 is 2.38 bits per heavy atom. The number of carboxylic acids is 1. The van der Waals surface area contributed by atoms with E-state index in [1.165, 1.54) is 0 Å². The highest BCUT2D eigenvalue weighted by Gasteiger charge is 2.27. The van der Waals surface area contributed by atoms with Gasteiger partial charge >= 0.3 is 5.97 Å². The smallest absolute Gasteiger partial charge is 0.308 e. The van der Waals surface area contributed by atoms with E-state index in [2.05, 4.69) is 10.4 Å². The van der Waals surface area contributed by atoms with Gasteiger partial charge < -0.3 is 10.4 Å². The van der Waals surface area contributed by atoms with Crippen LogP contribution in [0.2, 0.25) is 5.02 Å². The van der Waals surface area contributed by atoms with E-state index in [4.69, 9.17) is 16.7 Å². The van der Waals surface area contributed by atoms with E-state index in [1.54, 1.807) is 36.9 Å². The maximum absolute atomic E-state index is 12.8. The number of hydrogen-bond acceptors (Lipinski definition) is 3. The lowest BCUT2D eigenvalue weighted by molar-refractivity contribution is -0.141. The molecule has 7 heteroatoms. The first-order chi connectivity index (χ1) is 12.0. The topological polar surface area (TPSA) is 84.2 Å². The molecule has 0 saturated heterocycles. The van der Waals surface area contributed by atoms with Gasteiger partial charge in [-0.3, -0.25) is 14.3 Å². The van der Waals surface area contributed by atoms with E-state index in [9.17, 15) is 9.59 Å². The molecule has 0 aliphatic carbocycles. The summed E-state index contributed by atoms with van der Waals surface area (Å²) in [6, 6.07) is 6.65. The van der Waals surface area contributed by atoms with Crippen molar-refractivity contribution in [2.24, 2.45) is 5.92 Å². The van der Waals surface area contributed by atoms with E-state index in [0.717, 1.165) is 0 Å². The Hall–Kier alpha value is -2.34. The molecule has 1 amide bonds. The molecule has 0 radical (unpaired) electrons. The van der Waals surface area contributed by atoms with Crippen molar-refractivity contribution in [2.75, 3.05) is 0 Å². The van der Waals surface area contributed by atoms with Crippen LogP contribution in [0.15, 0.2) is 30.5 Å². The number of amides is 1. The van der Waals surface area contributed by atoms with E-state index in [0.29, 0.717) is 21.8 Å². The minimum absolute atomic E-state index is 0.325. The van der Waals surface area contributed by atoms with Crippen LogP contribution < -0.4 is 5.32 Å². The number of nitrogens with one attached hydrogen (secondary N) is 1. The number of halogens is 1. The van der Waals surface area contributed by atoms with Gasteiger partial charge in [-0.25, -0.2) is 0 Å². The number of rotatable bonds is 5. The maximum atomic E-state index is 12.8. The summed E-state index contributed by atoms with van der Waals surface area (Å²) >= 11 is 6.30. The first kappa shape index (κ1) is 20.0. The number of nitrogens with zero attached hydrogens (tertiary/aromatic N) is 2. The van der Waals surface area contributed by atoms with Gasteiger partial charge in [0.2, 0.25) is 0 Å². The number of aromatic nitrogens is 2. The molecule has 140 valence electrons. The van der Waals surface area contributed by atoms with Crippen LogP contribution in [0.3, 0.4) is 0 Å². The molecule has 0 saturated carbocycles. The molecule has 26 heavy (non-hydrogen) atoms. The van der Waals surface area contributed by atoms with Crippen molar-refractivity contribution in [3.8, 4) is 11.3 Å².